The van der Waals surface area contributed by atoms with E-state index in [0.29, 0.717) is 22.8 Å². The Morgan fingerprint density at radius 3 is 2.74 bits per heavy atom. The number of thiazole rings is 1. The van der Waals surface area contributed by atoms with Crippen LogP contribution in [-0.4, -0.2) is 22.4 Å². The summed E-state index contributed by atoms with van der Waals surface area (Å²) >= 11 is 1.45. The smallest absolute Gasteiger partial charge is 0.260 e. The number of imidazole rings is 1. The van der Waals surface area contributed by atoms with Crippen LogP contribution in [0.25, 0.3) is 16.2 Å². The van der Waals surface area contributed by atoms with Gasteiger partial charge < -0.3 is 10.1 Å². The average Bonchev–Trinajstić information content (AvgIpc) is 3.25. The number of fused-ring (bicyclic) bond motifs is 1. The lowest BCUT2D eigenvalue weighted by molar-refractivity contribution is 0.102. The van der Waals surface area contributed by atoms with Gasteiger partial charge in [0, 0.05) is 17.1 Å². The molecule has 1 amide bonds. The number of nitrogens with zero attached hydrogens (tertiary/aromatic N) is 2. The van der Waals surface area contributed by atoms with E-state index in [-0.39, 0.29) is 11.7 Å². The van der Waals surface area contributed by atoms with E-state index in [1.54, 1.807) is 24.3 Å². The van der Waals surface area contributed by atoms with Crippen molar-refractivity contribution in [3.8, 4) is 17.0 Å². The van der Waals surface area contributed by atoms with Crippen LogP contribution in [0.4, 0.5) is 10.2 Å². The Bertz CT molecular complexity index is 1130. The van der Waals surface area contributed by atoms with Crippen molar-refractivity contribution in [1.29, 1.82) is 0 Å². The topological polar surface area (TPSA) is 55.6 Å². The van der Waals surface area contributed by atoms with Gasteiger partial charge in [0.15, 0.2) is 4.96 Å². The molecule has 0 aliphatic heterocycles. The van der Waals surface area contributed by atoms with Crippen LogP contribution in [0.15, 0.2) is 54.0 Å². The Morgan fingerprint density at radius 1 is 1.22 bits per heavy atom. The van der Waals surface area contributed by atoms with Crippen LogP contribution in [0.2, 0.25) is 0 Å². The minimum Gasteiger partial charge on any atom is -0.496 e. The first-order valence-electron chi connectivity index (χ1n) is 8.24. The zero-order valence-electron chi connectivity index (χ0n) is 14.7. The number of carbonyl (C=O) groups is 1. The highest BCUT2D eigenvalue weighted by Gasteiger charge is 2.20. The molecule has 0 aliphatic carbocycles. The number of hydrogen-bond donors (Lipinski definition) is 1. The molecule has 5 nitrogen and oxygen atoms in total. The summed E-state index contributed by atoms with van der Waals surface area (Å²) in [7, 11) is 1.53. The quantitative estimate of drug-likeness (QED) is 0.554. The van der Waals surface area contributed by atoms with Crippen LogP contribution < -0.4 is 10.1 Å². The van der Waals surface area contributed by atoms with Gasteiger partial charge in [-0.1, -0.05) is 11.6 Å². The molecule has 7 heteroatoms. The summed E-state index contributed by atoms with van der Waals surface area (Å²) in [4.78, 5) is 18.3. The lowest BCUT2D eigenvalue weighted by Crippen LogP contribution is -2.15. The molecule has 4 rings (SSSR count). The maximum Gasteiger partial charge on any atom is 0.260 e. The van der Waals surface area contributed by atoms with Gasteiger partial charge in [0.2, 0.25) is 0 Å². The molecule has 2 heterocycles. The molecule has 2 aromatic heterocycles. The zero-order chi connectivity index (χ0) is 19.0. The molecular weight excluding hydrogens is 365 g/mol. The number of ether oxygens (including phenoxy) is 1. The second-order valence-corrected chi connectivity index (χ2v) is 6.90. The molecule has 0 bridgehead atoms. The number of hydrogen-bond acceptors (Lipinski definition) is 4. The number of amides is 1. The summed E-state index contributed by atoms with van der Waals surface area (Å²) in [5.74, 6) is 0.403. The first kappa shape index (κ1) is 17.2. The van der Waals surface area contributed by atoms with Crippen molar-refractivity contribution in [2.24, 2.45) is 0 Å². The molecule has 0 aliphatic rings. The van der Waals surface area contributed by atoms with E-state index in [4.69, 9.17) is 4.74 Å². The van der Waals surface area contributed by atoms with Gasteiger partial charge in [-0.3, -0.25) is 9.20 Å². The predicted octanol–water partition coefficient (Wildman–Crippen LogP) is 4.77. The molecule has 2 aromatic carbocycles. The zero-order valence-corrected chi connectivity index (χ0v) is 15.5. The van der Waals surface area contributed by atoms with Crippen molar-refractivity contribution in [3.05, 3.63) is 71.0 Å². The van der Waals surface area contributed by atoms with E-state index >= 15 is 0 Å². The highest BCUT2D eigenvalue weighted by Crippen LogP contribution is 2.32. The van der Waals surface area contributed by atoms with Gasteiger partial charge in [-0.2, -0.15) is 0 Å². The number of halogens is 1. The first-order valence-corrected chi connectivity index (χ1v) is 9.12. The number of methoxy groups -OCH3 is 1. The molecule has 0 atom stereocenters. The Labute approximate surface area is 159 Å². The monoisotopic (exact) mass is 381 g/mol. The van der Waals surface area contributed by atoms with E-state index in [1.807, 2.05) is 29.0 Å². The lowest BCUT2D eigenvalue weighted by Gasteiger charge is -2.11. The second-order valence-electron chi connectivity index (χ2n) is 6.03. The molecule has 0 saturated heterocycles. The maximum atomic E-state index is 13.3. The number of rotatable bonds is 4. The van der Waals surface area contributed by atoms with Crippen LogP contribution in [0.5, 0.6) is 5.75 Å². The van der Waals surface area contributed by atoms with E-state index in [2.05, 4.69) is 10.3 Å². The van der Waals surface area contributed by atoms with E-state index in [0.717, 1.165) is 16.1 Å². The van der Waals surface area contributed by atoms with Gasteiger partial charge in [0.1, 0.15) is 23.1 Å². The second kappa shape index (κ2) is 6.85. The number of aryl methyl sites for hydroxylation is 1. The Hall–Kier alpha value is -3.19. The van der Waals surface area contributed by atoms with Crippen LogP contribution in [-0.2, 0) is 0 Å². The molecular formula is C20H16FN3O2S. The summed E-state index contributed by atoms with van der Waals surface area (Å²) in [6.07, 6.45) is 1.84. The third-order valence-electron chi connectivity index (χ3n) is 4.21. The molecule has 27 heavy (non-hydrogen) atoms. The lowest BCUT2D eigenvalue weighted by atomic mass is 10.1. The van der Waals surface area contributed by atoms with Crippen molar-refractivity contribution in [2.45, 2.75) is 6.92 Å². The van der Waals surface area contributed by atoms with Crippen molar-refractivity contribution in [2.75, 3.05) is 12.4 Å². The number of benzene rings is 2. The predicted molar refractivity (Wildman–Crippen MR) is 104 cm³/mol. The standard InChI is InChI=1S/C20H16FN3O2S/c1-12-3-8-16(26-2)15(11-12)19(25)23-18-17(13-4-6-14(21)7-5-13)22-20-24(18)9-10-27-20/h3-11H,1-2H3,(H,23,25). The molecule has 4 aromatic rings. The fraction of sp³-hybridized carbons (Fsp3) is 0.100. The van der Waals surface area contributed by atoms with Gasteiger partial charge in [-0.25, -0.2) is 9.37 Å². The minimum absolute atomic E-state index is 0.299. The fourth-order valence-corrected chi connectivity index (χ4v) is 3.60. The highest BCUT2D eigenvalue weighted by atomic mass is 32.1. The van der Waals surface area contributed by atoms with Crippen molar-refractivity contribution in [1.82, 2.24) is 9.38 Å². The van der Waals surface area contributed by atoms with Crippen molar-refractivity contribution in [3.63, 3.8) is 0 Å². The average molecular weight is 381 g/mol. The first-order chi connectivity index (χ1) is 13.1. The molecule has 1 N–H and O–H groups in total. The largest absolute Gasteiger partial charge is 0.496 e. The van der Waals surface area contributed by atoms with Gasteiger partial charge in [0.25, 0.3) is 5.91 Å². The third kappa shape index (κ3) is 3.17. The minimum atomic E-state index is -0.324. The highest BCUT2D eigenvalue weighted by molar-refractivity contribution is 7.15. The van der Waals surface area contributed by atoms with Crippen LogP contribution in [0.1, 0.15) is 15.9 Å². The Morgan fingerprint density at radius 2 is 2.00 bits per heavy atom. The molecule has 0 saturated carbocycles. The third-order valence-corrected chi connectivity index (χ3v) is 4.97. The maximum absolute atomic E-state index is 13.3. The van der Waals surface area contributed by atoms with E-state index in [9.17, 15) is 9.18 Å². The summed E-state index contributed by atoms with van der Waals surface area (Å²) in [5.41, 5.74) is 2.70. The van der Waals surface area contributed by atoms with Gasteiger partial charge in [0.05, 0.1) is 12.7 Å². The molecule has 0 fully saturated rings. The van der Waals surface area contributed by atoms with Crippen LogP contribution in [0, 0.1) is 12.7 Å². The van der Waals surface area contributed by atoms with E-state index < -0.39 is 0 Å². The van der Waals surface area contributed by atoms with Crippen molar-refractivity contribution >= 4 is 28.0 Å². The van der Waals surface area contributed by atoms with Gasteiger partial charge in [-0.05, 0) is 43.3 Å². The Kier molecular flexibility index (Phi) is 4.37. The molecule has 0 unspecified atom stereocenters. The summed E-state index contributed by atoms with van der Waals surface area (Å²) in [6.45, 7) is 1.91. The number of nitrogens with one attached hydrogen (secondary N) is 1. The normalized spacial score (nSPS) is 10.9. The van der Waals surface area contributed by atoms with Crippen LogP contribution in [0.3, 0.4) is 0 Å². The number of anilines is 1. The molecule has 0 radical (unpaired) electrons. The number of aromatic nitrogens is 2. The SMILES string of the molecule is COc1ccc(C)cc1C(=O)Nc1c(-c2ccc(F)cc2)nc2sccn12. The molecule has 0 spiro atoms. The molecule has 136 valence electrons. The summed E-state index contributed by atoms with van der Waals surface area (Å²) in [5, 5.41) is 4.83. The number of carbonyl (C=O) groups excluding carboxylic acids is 1. The summed E-state index contributed by atoms with van der Waals surface area (Å²) in [6, 6.07) is 11.5. The van der Waals surface area contributed by atoms with Crippen molar-refractivity contribution < 1.29 is 13.9 Å². The Balaban J connectivity index is 1.78. The van der Waals surface area contributed by atoms with E-state index in [1.165, 1.54) is 30.6 Å². The van der Waals surface area contributed by atoms with Gasteiger partial charge in [-0.15, -0.1) is 11.3 Å². The summed E-state index contributed by atoms with van der Waals surface area (Å²) < 4.78 is 20.4. The van der Waals surface area contributed by atoms with Gasteiger partial charge >= 0.3 is 0 Å². The fourth-order valence-electron chi connectivity index (χ4n) is 2.89. The van der Waals surface area contributed by atoms with Crippen LogP contribution >= 0.6 is 11.3 Å².